The molecular weight excluding hydrogens is 443 g/mol. The average Bonchev–Trinajstić information content (AvgIpc) is 3.56. The van der Waals surface area contributed by atoms with Crippen molar-refractivity contribution in [3.63, 3.8) is 0 Å². The number of rotatable bonds is 8. The largest absolute Gasteiger partial charge is 0.489 e. The maximum absolute atomic E-state index is 14.5. The Balaban J connectivity index is 1.37. The highest BCUT2D eigenvalue weighted by Crippen LogP contribution is 2.42. The average molecular weight is 472 g/mol. The number of aromatic nitrogens is 1. The number of carbonyl (C=O) groups is 1. The number of nitrogens with one attached hydrogen (secondary N) is 1. The van der Waals surface area contributed by atoms with Gasteiger partial charge in [0.15, 0.2) is 6.67 Å². The molecule has 5 rings (SSSR count). The zero-order valence-corrected chi connectivity index (χ0v) is 18.9. The van der Waals surface area contributed by atoms with E-state index in [1.54, 1.807) is 12.1 Å². The predicted molar refractivity (Wildman–Crippen MR) is 123 cm³/mol. The van der Waals surface area contributed by atoms with Crippen LogP contribution in [0, 0.1) is 0 Å². The summed E-state index contributed by atoms with van der Waals surface area (Å²) in [6.07, 6.45) is 5.45. The molecule has 0 radical (unpaired) electrons. The second-order valence-electron chi connectivity index (χ2n) is 9.59. The van der Waals surface area contributed by atoms with Crippen LogP contribution in [0.4, 0.5) is 13.2 Å². The van der Waals surface area contributed by atoms with Crippen molar-refractivity contribution in [2.45, 2.75) is 69.3 Å². The Morgan fingerprint density at radius 2 is 1.91 bits per heavy atom. The Bertz CT molecular complexity index is 1210. The number of hydrogen-bond acceptors (Lipinski definition) is 2. The molecule has 34 heavy (non-hydrogen) atoms. The molecule has 0 amide bonds. The molecule has 2 aliphatic rings. The first-order chi connectivity index (χ1) is 16.4. The van der Waals surface area contributed by atoms with Crippen molar-refractivity contribution < 1.29 is 27.8 Å². The molecule has 2 aromatic carbocycles. The molecule has 1 heterocycles. The summed E-state index contributed by atoms with van der Waals surface area (Å²) in [6.45, 7) is -1.62. The van der Waals surface area contributed by atoms with Gasteiger partial charge in [-0.3, -0.25) is 4.79 Å². The number of aromatic amines is 1. The van der Waals surface area contributed by atoms with Crippen LogP contribution in [0.25, 0.3) is 10.9 Å². The number of H-pyrrole nitrogens is 1. The standard InChI is InChI=1S/C27H28F3NO3/c28-15-27(29,30)23-11-16(5-8-20(23)17-3-1-2-4-17)14-34-19-7-10-24-22(13-19)21-9-6-18(12-25(32)33)26(21)31-24/h5,7-8,10-11,13,17-18,31H,1-4,6,9,12,14-15H2,(H,32,33)/t18-/m1/s1. The van der Waals surface area contributed by atoms with Crippen molar-refractivity contribution in [3.8, 4) is 5.75 Å². The lowest BCUT2D eigenvalue weighted by molar-refractivity contribution is -0.137. The normalized spacial score (nSPS) is 18.5. The highest BCUT2D eigenvalue weighted by molar-refractivity contribution is 5.87. The molecule has 1 aromatic heterocycles. The number of ether oxygens (including phenoxy) is 1. The topological polar surface area (TPSA) is 62.3 Å². The molecule has 0 aliphatic heterocycles. The second-order valence-corrected chi connectivity index (χ2v) is 9.59. The molecule has 0 bridgehead atoms. The Kier molecular flexibility index (Phi) is 6.04. The molecular formula is C27H28F3NO3. The summed E-state index contributed by atoms with van der Waals surface area (Å²) in [5, 5.41) is 10.2. The lowest BCUT2D eigenvalue weighted by atomic mass is 9.89. The van der Waals surface area contributed by atoms with Gasteiger partial charge in [-0.2, -0.15) is 8.78 Å². The summed E-state index contributed by atoms with van der Waals surface area (Å²) < 4.78 is 48.1. The molecule has 2 N–H and O–H groups in total. The third kappa shape index (κ3) is 4.28. The van der Waals surface area contributed by atoms with E-state index in [9.17, 15) is 18.0 Å². The molecule has 4 nitrogen and oxygen atoms in total. The molecule has 0 saturated heterocycles. The quantitative estimate of drug-likeness (QED) is 0.373. The van der Waals surface area contributed by atoms with Gasteiger partial charge in [0.25, 0.3) is 0 Å². The lowest BCUT2D eigenvalue weighted by Crippen LogP contribution is -2.20. The number of carboxylic acids is 1. The van der Waals surface area contributed by atoms with Crippen LogP contribution in [0.1, 0.15) is 78.3 Å². The zero-order chi connectivity index (χ0) is 23.9. The fraction of sp³-hybridized carbons (Fsp3) is 0.444. The summed E-state index contributed by atoms with van der Waals surface area (Å²) in [7, 11) is 0. The molecule has 180 valence electrons. The van der Waals surface area contributed by atoms with Gasteiger partial charge in [0.2, 0.25) is 0 Å². The lowest BCUT2D eigenvalue weighted by Gasteiger charge is -2.22. The molecule has 7 heteroatoms. The number of halogens is 3. The molecule has 1 atom stereocenters. The summed E-state index contributed by atoms with van der Waals surface area (Å²) in [6, 6.07) is 10.5. The van der Waals surface area contributed by atoms with E-state index < -0.39 is 18.6 Å². The fourth-order valence-electron chi connectivity index (χ4n) is 5.67. The first-order valence-corrected chi connectivity index (χ1v) is 11.9. The van der Waals surface area contributed by atoms with Crippen LogP contribution in [0.3, 0.4) is 0 Å². The minimum atomic E-state index is -3.51. The Labute approximate surface area is 196 Å². The number of hydrogen-bond donors (Lipinski definition) is 2. The smallest absolute Gasteiger partial charge is 0.304 e. The number of fused-ring (bicyclic) bond motifs is 3. The van der Waals surface area contributed by atoms with Gasteiger partial charge >= 0.3 is 11.9 Å². The van der Waals surface area contributed by atoms with E-state index in [0.29, 0.717) is 16.9 Å². The predicted octanol–water partition coefficient (Wildman–Crippen LogP) is 6.97. The Morgan fingerprint density at radius 1 is 1.12 bits per heavy atom. The van der Waals surface area contributed by atoms with Crippen LogP contribution >= 0.6 is 0 Å². The van der Waals surface area contributed by atoms with Gasteiger partial charge in [0.05, 0.1) is 6.42 Å². The first-order valence-electron chi connectivity index (χ1n) is 11.9. The van der Waals surface area contributed by atoms with Crippen LogP contribution in [0.15, 0.2) is 36.4 Å². The minimum absolute atomic E-state index is 0.0155. The highest BCUT2D eigenvalue weighted by atomic mass is 19.3. The minimum Gasteiger partial charge on any atom is -0.489 e. The summed E-state index contributed by atoms with van der Waals surface area (Å²) in [5.41, 5.74) is 3.95. The van der Waals surface area contributed by atoms with Crippen molar-refractivity contribution in [1.82, 2.24) is 4.98 Å². The van der Waals surface area contributed by atoms with E-state index in [0.717, 1.165) is 60.7 Å². The Morgan fingerprint density at radius 3 is 2.65 bits per heavy atom. The van der Waals surface area contributed by atoms with Gasteiger partial charge in [0, 0.05) is 28.1 Å². The number of aryl methyl sites for hydroxylation is 1. The molecule has 1 fully saturated rings. The third-order valence-corrected chi connectivity index (χ3v) is 7.36. The van der Waals surface area contributed by atoms with E-state index in [4.69, 9.17) is 9.84 Å². The van der Waals surface area contributed by atoms with Gasteiger partial charge in [-0.1, -0.05) is 25.0 Å². The third-order valence-electron chi connectivity index (χ3n) is 7.36. The van der Waals surface area contributed by atoms with E-state index in [2.05, 4.69) is 4.98 Å². The van der Waals surface area contributed by atoms with Gasteiger partial charge < -0.3 is 14.8 Å². The molecule has 3 aromatic rings. The van der Waals surface area contributed by atoms with Crippen molar-refractivity contribution in [2.24, 2.45) is 0 Å². The molecule has 1 saturated carbocycles. The van der Waals surface area contributed by atoms with Crippen LogP contribution in [-0.2, 0) is 23.7 Å². The van der Waals surface area contributed by atoms with Crippen molar-refractivity contribution in [2.75, 3.05) is 6.67 Å². The van der Waals surface area contributed by atoms with Gasteiger partial charge in [0.1, 0.15) is 12.4 Å². The van der Waals surface area contributed by atoms with E-state index in [-0.39, 0.29) is 30.4 Å². The van der Waals surface area contributed by atoms with Gasteiger partial charge in [-0.25, -0.2) is 4.39 Å². The van der Waals surface area contributed by atoms with Crippen molar-refractivity contribution in [3.05, 3.63) is 64.3 Å². The van der Waals surface area contributed by atoms with Crippen LogP contribution in [0.2, 0.25) is 0 Å². The number of alkyl halides is 3. The molecule has 2 aliphatic carbocycles. The second kappa shape index (κ2) is 9.01. The Hall–Kier alpha value is -2.96. The highest BCUT2D eigenvalue weighted by Gasteiger charge is 2.36. The summed E-state index contributed by atoms with van der Waals surface area (Å²) in [5.74, 6) is -3.67. The van der Waals surface area contributed by atoms with Crippen LogP contribution < -0.4 is 4.74 Å². The van der Waals surface area contributed by atoms with Crippen LogP contribution in [0.5, 0.6) is 5.75 Å². The SMILES string of the molecule is O=C(O)C[C@H]1CCc2c1[nH]c1ccc(OCc3ccc(C4CCCC4)c(C(F)(F)CF)c3)cc21. The monoisotopic (exact) mass is 471 g/mol. The summed E-state index contributed by atoms with van der Waals surface area (Å²) in [4.78, 5) is 14.5. The molecule has 0 spiro atoms. The van der Waals surface area contributed by atoms with Crippen LogP contribution in [-0.4, -0.2) is 22.7 Å². The van der Waals surface area contributed by atoms with Crippen molar-refractivity contribution >= 4 is 16.9 Å². The molecule has 0 unspecified atom stereocenters. The summed E-state index contributed by atoms with van der Waals surface area (Å²) >= 11 is 0. The van der Waals surface area contributed by atoms with Crippen molar-refractivity contribution in [1.29, 1.82) is 0 Å². The van der Waals surface area contributed by atoms with Gasteiger partial charge in [-0.15, -0.1) is 0 Å². The van der Waals surface area contributed by atoms with E-state index in [1.807, 2.05) is 18.2 Å². The number of carboxylic acid groups (broad SMARTS) is 1. The van der Waals surface area contributed by atoms with E-state index >= 15 is 0 Å². The number of benzene rings is 2. The van der Waals surface area contributed by atoms with E-state index in [1.165, 1.54) is 6.07 Å². The first kappa shape index (κ1) is 22.8. The number of aliphatic carboxylic acids is 1. The fourth-order valence-corrected chi connectivity index (χ4v) is 5.67. The maximum atomic E-state index is 14.5. The maximum Gasteiger partial charge on any atom is 0.304 e. The zero-order valence-electron chi connectivity index (χ0n) is 18.9. The van der Waals surface area contributed by atoms with Gasteiger partial charge in [-0.05, 0) is 72.6 Å².